The molecule has 100 valence electrons. The molecule has 0 atom stereocenters. The van der Waals surface area contributed by atoms with E-state index < -0.39 is 0 Å². The van der Waals surface area contributed by atoms with Crippen molar-refractivity contribution in [2.45, 2.75) is 6.42 Å². The van der Waals surface area contributed by atoms with Crippen LogP contribution in [-0.2, 0) is 11.2 Å². The molecule has 3 aromatic rings. The molecule has 0 radical (unpaired) electrons. The Morgan fingerprint density at radius 2 is 1.90 bits per heavy atom. The van der Waals surface area contributed by atoms with Crippen molar-refractivity contribution < 1.29 is 4.79 Å². The van der Waals surface area contributed by atoms with E-state index >= 15 is 0 Å². The standard InChI is InChI=1S/C15H14N4O/c16-11-6-2-1-5-10(11)9-14(20)19-15-17-12-7-3-4-8-13(12)18-15/h1-8H,9,16H2,(H2,17,18,19,20). The van der Waals surface area contributed by atoms with Crippen LogP contribution in [0.15, 0.2) is 48.5 Å². The minimum Gasteiger partial charge on any atom is -0.398 e. The van der Waals surface area contributed by atoms with Gasteiger partial charge in [-0.05, 0) is 23.8 Å². The molecule has 0 aliphatic heterocycles. The van der Waals surface area contributed by atoms with Gasteiger partial charge in [0.1, 0.15) is 0 Å². The van der Waals surface area contributed by atoms with E-state index in [1.807, 2.05) is 42.5 Å². The molecule has 1 aromatic heterocycles. The van der Waals surface area contributed by atoms with E-state index in [-0.39, 0.29) is 12.3 Å². The summed E-state index contributed by atoms with van der Waals surface area (Å²) < 4.78 is 0. The molecule has 0 spiro atoms. The largest absolute Gasteiger partial charge is 0.398 e. The predicted molar refractivity (Wildman–Crippen MR) is 79.3 cm³/mol. The maximum absolute atomic E-state index is 12.0. The number of hydrogen-bond donors (Lipinski definition) is 3. The molecule has 5 heteroatoms. The SMILES string of the molecule is Nc1ccccc1CC(=O)Nc1nc2ccccc2[nH]1. The second kappa shape index (κ2) is 5.05. The number of H-pyrrole nitrogens is 1. The van der Waals surface area contributed by atoms with Crippen LogP contribution >= 0.6 is 0 Å². The van der Waals surface area contributed by atoms with Crippen LogP contribution in [0.1, 0.15) is 5.56 Å². The molecule has 0 saturated heterocycles. The summed E-state index contributed by atoms with van der Waals surface area (Å²) in [5.41, 5.74) is 8.96. The molecule has 0 aliphatic rings. The van der Waals surface area contributed by atoms with Gasteiger partial charge in [-0.1, -0.05) is 30.3 Å². The predicted octanol–water partition coefficient (Wildman–Crippen LogP) is 2.33. The lowest BCUT2D eigenvalue weighted by atomic mass is 10.1. The second-order valence-corrected chi connectivity index (χ2v) is 4.53. The maximum Gasteiger partial charge on any atom is 0.231 e. The van der Waals surface area contributed by atoms with E-state index in [0.29, 0.717) is 11.6 Å². The Kier molecular flexibility index (Phi) is 3.09. The summed E-state index contributed by atoms with van der Waals surface area (Å²) in [6.45, 7) is 0. The highest BCUT2D eigenvalue weighted by molar-refractivity contribution is 5.93. The number of rotatable bonds is 3. The number of fused-ring (bicyclic) bond motifs is 1. The van der Waals surface area contributed by atoms with Gasteiger partial charge in [-0.15, -0.1) is 0 Å². The minimum atomic E-state index is -0.151. The molecule has 3 rings (SSSR count). The molecule has 0 unspecified atom stereocenters. The van der Waals surface area contributed by atoms with Crippen molar-refractivity contribution in [1.29, 1.82) is 0 Å². The highest BCUT2D eigenvalue weighted by atomic mass is 16.1. The van der Waals surface area contributed by atoms with Gasteiger partial charge in [-0.3, -0.25) is 10.1 Å². The Bertz CT molecular complexity index is 730. The van der Waals surface area contributed by atoms with Gasteiger partial charge in [0.05, 0.1) is 17.5 Å². The highest BCUT2D eigenvalue weighted by Gasteiger charge is 2.09. The first kappa shape index (κ1) is 12.2. The molecule has 0 aliphatic carbocycles. The number of imidazole rings is 1. The van der Waals surface area contributed by atoms with E-state index in [4.69, 9.17) is 5.73 Å². The number of para-hydroxylation sites is 3. The van der Waals surface area contributed by atoms with Gasteiger partial charge >= 0.3 is 0 Å². The molecular formula is C15H14N4O. The zero-order valence-corrected chi connectivity index (χ0v) is 10.8. The first-order valence-corrected chi connectivity index (χ1v) is 6.30. The average molecular weight is 266 g/mol. The zero-order chi connectivity index (χ0) is 13.9. The van der Waals surface area contributed by atoms with Crippen molar-refractivity contribution in [2.75, 3.05) is 11.1 Å². The van der Waals surface area contributed by atoms with Crippen LogP contribution in [-0.4, -0.2) is 15.9 Å². The lowest BCUT2D eigenvalue weighted by Gasteiger charge is -2.04. The van der Waals surface area contributed by atoms with E-state index in [9.17, 15) is 4.79 Å². The number of carbonyl (C=O) groups is 1. The fraction of sp³-hybridized carbons (Fsp3) is 0.0667. The number of anilines is 2. The molecule has 1 heterocycles. The number of aromatic nitrogens is 2. The highest BCUT2D eigenvalue weighted by Crippen LogP contribution is 2.15. The first-order chi connectivity index (χ1) is 9.72. The molecule has 5 nitrogen and oxygen atoms in total. The van der Waals surface area contributed by atoms with Gasteiger partial charge in [0, 0.05) is 5.69 Å². The molecule has 20 heavy (non-hydrogen) atoms. The van der Waals surface area contributed by atoms with Crippen LogP contribution < -0.4 is 11.1 Å². The normalized spacial score (nSPS) is 10.6. The number of nitrogens with two attached hydrogens (primary N) is 1. The first-order valence-electron chi connectivity index (χ1n) is 6.30. The van der Waals surface area contributed by atoms with Gasteiger partial charge < -0.3 is 10.7 Å². The molecule has 1 amide bonds. The number of amides is 1. The number of nitrogens with zero attached hydrogens (tertiary/aromatic N) is 1. The van der Waals surface area contributed by atoms with Crippen molar-refractivity contribution in [2.24, 2.45) is 0 Å². The van der Waals surface area contributed by atoms with Crippen LogP contribution in [0.5, 0.6) is 0 Å². The zero-order valence-electron chi connectivity index (χ0n) is 10.8. The van der Waals surface area contributed by atoms with Crippen molar-refractivity contribution in [3.05, 3.63) is 54.1 Å². The minimum absolute atomic E-state index is 0.151. The Balaban J connectivity index is 1.74. The van der Waals surface area contributed by atoms with Gasteiger partial charge in [0.15, 0.2) is 0 Å². The summed E-state index contributed by atoms with van der Waals surface area (Å²) in [5.74, 6) is 0.299. The summed E-state index contributed by atoms with van der Waals surface area (Å²) >= 11 is 0. The van der Waals surface area contributed by atoms with Gasteiger partial charge in [0.25, 0.3) is 0 Å². The molecule has 0 fully saturated rings. The Morgan fingerprint density at radius 3 is 2.70 bits per heavy atom. The van der Waals surface area contributed by atoms with Crippen LogP contribution in [0.4, 0.5) is 11.6 Å². The Hall–Kier alpha value is -2.82. The van der Waals surface area contributed by atoms with Crippen LogP contribution in [0.2, 0.25) is 0 Å². The van der Waals surface area contributed by atoms with Gasteiger partial charge in [-0.2, -0.15) is 0 Å². The molecule has 0 bridgehead atoms. The third-order valence-corrected chi connectivity index (χ3v) is 3.05. The molecule has 0 saturated carbocycles. The smallest absolute Gasteiger partial charge is 0.231 e. The molecule has 4 N–H and O–H groups in total. The van der Waals surface area contributed by atoms with Crippen molar-refractivity contribution in [3.8, 4) is 0 Å². The average Bonchev–Trinajstić information content (AvgIpc) is 2.83. The van der Waals surface area contributed by atoms with Crippen LogP contribution in [0.25, 0.3) is 11.0 Å². The van der Waals surface area contributed by atoms with Gasteiger partial charge in [0.2, 0.25) is 11.9 Å². The summed E-state index contributed by atoms with van der Waals surface area (Å²) in [6, 6.07) is 14.9. The quantitative estimate of drug-likeness (QED) is 0.636. The number of nitrogens with one attached hydrogen (secondary N) is 2. The van der Waals surface area contributed by atoms with Crippen molar-refractivity contribution in [1.82, 2.24) is 9.97 Å². The Labute approximate surface area is 115 Å². The van der Waals surface area contributed by atoms with E-state index in [1.54, 1.807) is 6.07 Å². The lowest BCUT2D eigenvalue weighted by molar-refractivity contribution is -0.115. The maximum atomic E-state index is 12.0. The molecular weight excluding hydrogens is 252 g/mol. The summed E-state index contributed by atoms with van der Waals surface area (Å²) in [7, 11) is 0. The van der Waals surface area contributed by atoms with Crippen LogP contribution in [0.3, 0.4) is 0 Å². The fourth-order valence-corrected chi connectivity index (χ4v) is 2.06. The third-order valence-electron chi connectivity index (χ3n) is 3.05. The summed E-state index contributed by atoms with van der Waals surface area (Å²) in [6.07, 6.45) is 0.226. The van der Waals surface area contributed by atoms with Crippen LogP contribution in [0, 0.1) is 0 Å². The number of carbonyl (C=O) groups excluding carboxylic acids is 1. The third kappa shape index (κ3) is 2.47. The lowest BCUT2D eigenvalue weighted by Crippen LogP contribution is -2.16. The number of benzene rings is 2. The number of aromatic amines is 1. The van der Waals surface area contributed by atoms with E-state index in [0.717, 1.165) is 16.6 Å². The van der Waals surface area contributed by atoms with Crippen molar-refractivity contribution >= 4 is 28.6 Å². The second-order valence-electron chi connectivity index (χ2n) is 4.53. The monoisotopic (exact) mass is 266 g/mol. The van der Waals surface area contributed by atoms with Crippen molar-refractivity contribution in [3.63, 3.8) is 0 Å². The summed E-state index contributed by atoms with van der Waals surface area (Å²) in [4.78, 5) is 19.3. The van der Waals surface area contributed by atoms with E-state index in [1.165, 1.54) is 0 Å². The fourth-order valence-electron chi connectivity index (χ4n) is 2.06. The number of nitrogen functional groups attached to an aromatic ring is 1. The van der Waals surface area contributed by atoms with E-state index in [2.05, 4.69) is 15.3 Å². The van der Waals surface area contributed by atoms with Gasteiger partial charge in [-0.25, -0.2) is 4.98 Å². The topological polar surface area (TPSA) is 83.8 Å². The Morgan fingerprint density at radius 1 is 1.15 bits per heavy atom. The number of hydrogen-bond acceptors (Lipinski definition) is 3. The summed E-state index contributed by atoms with van der Waals surface area (Å²) in [5, 5.41) is 2.75. The molecule has 2 aromatic carbocycles.